The fraction of sp³-hybridized carbons (Fsp3) is 0.412. The third-order valence-electron chi connectivity index (χ3n) is 4.49. The van der Waals surface area contributed by atoms with Crippen LogP contribution in [0.1, 0.15) is 30.1 Å². The molecule has 0 atom stereocenters. The van der Waals surface area contributed by atoms with Crippen molar-refractivity contribution in [1.29, 1.82) is 0 Å². The molecule has 1 fully saturated rings. The Morgan fingerprint density at radius 1 is 1.40 bits per heavy atom. The van der Waals surface area contributed by atoms with Crippen LogP contribution in [-0.2, 0) is 4.79 Å². The van der Waals surface area contributed by atoms with Gasteiger partial charge in [-0.05, 0) is 31.5 Å². The summed E-state index contributed by atoms with van der Waals surface area (Å²) in [5.41, 5.74) is 0.505. The Bertz CT molecular complexity index is 723. The van der Waals surface area contributed by atoms with Gasteiger partial charge in [0.15, 0.2) is 0 Å². The van der Waals surface area contributed by atoms with Crippen LogP contribution in [0.3, 0.4) is 0 Å². The van der Waals surface area contributed by atoms with Crippen LogP contribution in [0.2, 0.25) is 0 Å². The van der Waals surface area contributed by atoms with Crippen molar-refractivity contribution in [3.63, 3.8) is 0 Å². The molecule has 8 nitrogen and oxygen atoms in total. The van der Waals surface area contributed by atoms with Gasteiger partial charge in [0.05, 0.1) is 12.1 Å². The number of likely N-dealkylation sites (N-methyl/N-ethyl adjacent to an activating group) is 1. The molecule has 0 aliphatic heterocycles. The fourth-order valence-electron chi connectivity index (χ4n) is 3.01. The Hall–Kier alpha value is -2.74. The zero-order valence-corrected chi connectivity index (χ0v) is 14.0. The maximum atomic E-state index is 12.3. The number of amides is 1. The largest absolute Gasteiger partial charge is 0.480 e. The number of carboxylic acid groups (broad SMARTS) is 1. The maximum absolute atomic E-state index is 12.3. The molecule has 2 aromatic heterocycles. The highest BCUT2D eigenvalue weighted by molar-refractivity contribution is 5.94. The summed E-state index contributed by atoms with van der Waals surface area (Å²) in [6, 6.07) is 3.80. The van der Waals surface area contributed by atoms with Gasteiger partial charge in [0, 0.05) is 30.7 Å². The Morgan fingerprint density at radius 2 is 2.20 bits per heavy atom. The fourth-order valence-corrected chi connectivity index (χ4v) is 3.01. The van der Waals surface area contributed by atoms with Crippen molar-refractivity contribution < 1.29 is 14.7 Å². The van der Waals surface area contributed by atoms with Crippen molar-refractivity contribution >= 4 is 11.9 Å². The van der Waals surface area contributed by atoms with Gasteiger partial charge in [0.1, 0.15) is 12.1 Å². The molecule has 1 amide bonds. The van der Waals surface area contributed by atoms with Crippen LogP contribution in [0.5, 0.6) is 0 Å². The normalized spacial score (nSPS) is 19.4. The minimum absolute atomic E-state index is 0.0431. The molecule has 0 spiro atoms. The van der Waals surface area contributed by atoms with Crippen molar-refractivity contribution in [3.05, 3.63) is 42.6 Å². The highest BCUT2D eigenvalue weighted by atomic mass is 16.4. The summed E-state index contributed by atoms with van der Waals surface area (Å²) in [7, 11) is 0. The number of imidazole rings is 1. The number of aromatic nitrogens is 3. The summed E-state index contributed by atoms with van der Waals surface area (Å²) in [6.45, 7) is 2.68. The molecule has 8 heteroatoms. The van der Waals surface area contributed by atoms with Crippen molar-refractivity contribution in [3.8, 4) is 5.82 Å². The van der Waals surface area contributed by atoms with E-state index >= 15 is 0 Å². The van der Waals surface area contributed by atoms with Gasteiger partial charge in [-0.25, -0.2) is 9.97 Å². The van der Waals surface area contributed by atoms with Crippen molar-refractivity contribution in [1.82, 2.24) is 24.8 Å². The van der Waals surface area contributed by atoms with Crippen LogP contribution < -0.4 is 5.32 Å². The lowest BCUT2D eigenvalue weighted by molar-refractivity contribution is -0.139. The van der Waals surface area contributed by atoms with Crippen LogP contribution in [0.15, 0.2) is 37.1 Å². The molecule has 3 rings (SSSR count). The number of hydrogen-bond donors (Lipinski definition) is 2. The molecule has 25 heavy (non-hydrogen) atoms. The summed E-state index contributed by atoms with van der Waals surface area (Å²) in [4.78, 5) is 33.3. The molecule has 0 bridgehead atoms. The van der Waals surface area contributed by atoms with Gasteiger partial charge < -0.3 is 10.4 Å². The first-order chi connectivity index (χ1) is 12.1. The SMILES string of the molecule is CCN(CC(=O)O)C1CC(NC(=O)c2ccc(-n3ccnc3)nc2)C1. The van der Waals surface area contributed by atoms with Gasteiger partial charge >= 0.3 is 5.97 Å². The molecule has 2 N–H and O–H groups in total. The van der Waals surface area contributed by atoms with Crippen LogP contribution in [0, 0.1) is 0 Å². The minimum Gasteiger partial charge on any atom is -0.480 e. The first-order valence-corrected chi connectivity index (χ1v) is 8.28. The number of hydrogen-bond acceptors (Lipinski definition) is 5. The minimum atomic E-state index is -0.821. The van der Waals surface area contributed by atoms with Crippen molar-refractivity contribution in [2.75, 3.05) is 13.1 Å². The van der Waals surface area contributed by atoms with E-state index in [1.807, 2.05) is 11.8 Å². The smallest absolute Gasteiger partial charge is 0.317 e. The summed E-state index contributed by atoms with van der Waals surface area (Å²) >= 11 is 0. The monoisotopic (exact) mass is 343 g/mol. The van der Waals surface area contributed by atoms with Crippen LogP contribution in [0.25, 0.3) is 5.82 Å². The third kappa shape index (κ3) is 4.03. The molecular weight excluding hydrogens is 322 g/mol. The number of carboxylic acids is 1. The second-order valence-corrected chi connectivity index (χ2v) is 6.13. The van der Waals surface area contributed by atoms with Crippen molar-refractivity contribution in [2.45, 2.75) is 31.8 Å². The van der Waals surface area contributed by atoms with E-state index < -0.39 is 5.97 Å². The molecule has 0 saturated heterocycles. The van der Waals surface area contributed by atoms with E-state index in [1.165, 1.54) is 0 Å². The Balaban J connectivity index is 1.51. The van der Waals surface area contributed by atoms with Gasteiger partial charge in [-0.2, -0.15) is 0 Å². The lowest BCUT2D eigenvalue weighted by atomic mass is 9.85. The molecule has 2 heterocycles. The first kappa shape index (κ1) is 17.1. The summed E-state index contributed by atoms with van der Waals surface area (Å²) in [6.07, 6.45) is 8.18. The molecule has 0 radical (unpaired) electrons. The second-order valence-electron chi connectivity index (χ2n) is 6.13. The quantitative estimate of drug-likeness (QED) is 0.776. The molecule has 0 aromatic carbocycles. The predicted molar refractivity (Wildman–Crippen MR) is 90.5 cm³/mol. The lowest BCUT2D eigenvalue weighted by Gasteiger charge is -2.42. The average molecular weight is 343 g/mol. The number of nitrogens with zero attached hydrogens (tertiary/aromatic N) is 4. The molecule has 1 aliphatic carbocycles. The summed E-state index contributed by atoms with van der Waals surface area (Å²) < 4.78 is 1.76. The van der Waals surface area contributed by atoms with E-state index in [9.17, 15) is 9.59 Å². The molecule has 1 saturated carbocycles. The van der Waals surface area contributed by atoms with Gasteiger partial charge in [0.25, 0.3) is 5.91 Å². The maximum Gasteiger partial charge on any atom is 0.317 e. The molecule has 0 unspecified atom stereocenters. The van der Waals surface area contributed by atoms with Crippen LogP contribution in [-0.4, -0.2) is 61.6 Å². The Kier molecular flexibility index (Phi) is 5.08. The predicted octanol–water partition coefficient (Wildman–Crippen LogP) is 0.935. The van der Waals surface area contributed by atoms with E-state index in [0.29, 0.717) is 17.9 Å². The average Bonchev–Trinajstić information content (AvgIpc) is 3.10. The number of nitrogens with one attached hydrogen (secondary N) is 1. The number of carbonyl (C=O) groups excluding carboxylic acids is 1. The van der Waals surface area contributed by atoms with Crippen LogP contribution >= 0.6 is 0 Å². The summed E-state index contributed by atoms with van der Waals surface area (Å²) in [5.74, 6) is -0.280. The third-order valence-corrected chi connectivity index (χ3v) is 4.49. The van der Waals surface area contributed by atoms with Gasteiger partial charge in [-0.1, -0.05) is 6.92 Å². The highest BCUT2D eigenvalue weighted by Crippen LogP contribution is 2.25. The summed E-state index contributed by atoms with van der Waals surface area (Å²) in [5, 5.41) is 11.9. The zero-order chi connectivity index (χ0) is 17.8. The molecular formula is C17H21N5O3. The van der Waals surface area contributed by atoms with E-state index in [4.69, 9.17) is 5.11 Å². The molecule has 2 aromatic rings. The number of rotatable bonds is 7. The Labute approximate surface area is 145 Å². The van der Waals surface area contributed by atoms with Gasteiger partial charge in [-0.3, -0.25) is 19.1 Å². The van der Waals surface area contributed by atoms with Crippen molar-refractivity contribution in [2.24, 2.45) is 0 Å². The lowest BCUT2D eigenvalue weighted by Crippen LogP contribution is -2.54. The topological polar surface area (TPSA) is 100 Å². The number of pyridine rings is 1. The van der Waals surface area contributed by atoms with E-state index in [-0.39, 0.29) is 24.5 Å². The zero-order valence-electron chi connectivity index (χ0n) is 14.0. The number of aliphatic carboxylic acids is 1. The second kappa shape index (κ2) is 7.43. The first-order valence-electron chi connectivity index (χ1n) is 8.28. The van der Waals surface area contributed by atoms with Crippen LogP contribution in [0.4, 0.5) is 0 Å². The van der Waals surface area contributed by atoms with E-state index in [1.54, 1.807) is 41.6 Å². The van der Waals surface area contributed by atoms with E-state index in [2.05, 4.69) is 15.3 Å². The van der Waals surface area contributed by atoms with Gasteiger partial charge in [0.2, 0.25) is 0 Å². The van der Waals surface area contributed by atoms with Gasteiger partial charge in [-0.15, -0.1) is 0 Å². The standard InChI is InChI=1S/C17H21N5O3/c1-2-21(10-16(23)24)14-7-13(8-14)20-17(25)12-3-4-15(19-9-12)22-6-5-18-11-22/h3-6,9,11,13-14H,2,7-8,10H2,1H3,(H,20,25)(H,23,24). The Morgan fingerprint density at radius 3 is 2.76 bits per heavy atom. The van der Waals surface area contributed by atoms with E-state index in [0.717, 1.165) is 12.8 Å². The highest BCUT2D eigenvalue weighted by Gasteiger charge is 2.34. The molecule has 1 aliphatic rings. The molecule has 132 valence electrons. The number of carbonyl (C=O) groups is 2.